The summed E-state index contributed by atoms with van der Waals surface area (Å²) in [6.07, 6.45) is -0.569. The van der Waals surface area contributed by atoms with Gasteiger partial charge in [-0.3, -0.25) is 4.79 Å². The highest BCUT2D eigenvalue weighted by Crippen LogP contribution is 2.22. The Morgan fingerprint density at radius 3 is 2.38 bits per heavy atom. The predicted octanol–water partition coefficient (Wildman–Crippen LogP) is 1.66. The number of ketones is 1. The average Bonchev–Trinajstić information content (AvgIpc) is 2.16. The van der Waals surface area contributed by atoms with Crippen LogP contribution >= 0.6 is 0 Å². The maximum Gasteiger partial charge on any atom is 0.414 e. The van der Waals surface area contributed by atoms with Gasteiger partial charge >= 0.3 is 6.09 Å². The van der Waals surface area contributed by atoms with Crippen molar-refractivity contribution in [1.82, 2.24) is 4.90 Å². The van der Waals surface area contributed by atoms with Crippen LogP contribution in [0, 0.1) is 0 Å². The van der Waals surface area contributed by atoms with E-state index in [0.29, 0.717) is 5.56 Å². The lowest BCUT2D eigenvalue weighted by molar-refractivity contribution is 0.101. The molecule has 0 bridgehead atoms. The normalized spacial score (nSPS) is 9.69. The number of Topliss-reactive ketones (excluding diaryl/α,β-unsaturated/α-hetero) is 1. The number of carbonyl (C=O) groups excluding carboxylic acids is 2. The van der Waals surface area contributed by atoms with Crippen molar-refractivity contribution in [3.05, 3.63) is 23.8 Å². The van der Waals surface area contributed by atoms with Crippen LogP contribution in [0.1, 0.15) is 17.3 Å². The van der Waals surface area contributed by atoms with Crippen LogP contribution in [0.5, 0.6) is 11.5 Å². The molecule has 1 N–H and O–H groups in total. The van der Waals surface area contributed by atoms with Gasteiger partial charge in [-0.1, -0.05) is 0 Å². The molecule has 0 atom stereocenters. The van der Waals surface area contributed by atoms with Gasteiger partial charge in [-0.15, -0.1) is 0 Å². The van der Waals surface area contributed by atoms with Gasteiger partial charge in [0.2, 0.25) is 0 Å². The average molecular weight is 223 g/mol. The molecule has 0 fully saturated rings. The largest absolute Gasteiger partial charge is 0.508 e. The van der Waals surface area contributed by atoms with Crippen molar-refractivity contribution in [3.63, 3.8) is 0 Å². The molecule has 1 aromatic carbocycles. The molecule has 5 nitrogen and oxygen atoms in total. The first kappa shape index (κ1) is 12.0. The standard InChI is InChI=1S/C11H13NO4/c1-7(13)8-4-9(14)6-10(5-8)16-11(15)12(2)3/h4-6,14H,1-3H3. The van der Waals surface area contributed by atoms with E-state index in [4.69, 9.17) is 4.74 Å². The number of phenolic OH excluding ortho intramolecular Hbond substituents is 1. The number of ether oxygens (including phenoxy) is 1. The van der Waals surface area contributed by atoms with Crippen molar-refractivity contribution in [2.75, 3.05) is 14.1 Å². The third-order valence-electron chi connectivity index (χ3n) is 1.87. The Hall–Kier alpha value is -2.04. The third-order valence-corrected chi connectivity index (χ3v) is 1.87. The Morgan fingerprint density at radius 1 is 1.25 bits per heavy atom. The molecule has 0 radical (unpaired) electrons. The Balaban J connectivity index is 2.97. The van der Waals surface area contributed by atoms with Gasteiger partial charge in [-0.05, 0) is 19.1 Å². The number of phenols is 1. The molecule has 1 rings (SSSR count). The van der Waals surface area contributed by atoms with Gasteiger partial charge in [0.05, 0.1) is 0 Å². The molecule has 0 aliphatic carbocycles. The number of amides is 1. The monoisotopic (exact) mass is 223 g/mol. The van der Waals surface area contributed by atoms with Crippen LogP contribution in [0.4, 0.5) is 4.79 Å². The van der Waals surface area contributed by atoms with E-state index in [1.54, 1.807) is 0 Å². The molecule has 0 saturated heterocycles. The number of nitrogens with zero attached hydrogens (tertiary/aromatic N) is 1. The van der Waals surface area contributed by atoms with Crippen molar-refractivity contribution in [1.29, 1.82) is 0 Å². The molecule has 0 spiro atoms. The zero-order chi connectivity index (χ0) is 12.3. The topological polar surface area (TPSA) is 66.8 Å². The summed E-state index contributed by atoms with van der Waals surface area (Å²) in [7, 11) is 3.08. The zero-order valence-electron chi connectivity index (χ0n) is 9.35. The summed E-state index contributed by atoms with van der Waals surface area (Å²) in [5, 5.41) is 9.34. The molecule has 0 saturated carbocycles. The lowest BCUT2D eigenvalue weighted by atomic mass is 10.1. The van der Waals surface area contributed by atoms with Crippen LogP contribution in [-0.4, -0.2) is 36.0 Å². The Labute approximate surface area is 93.2 Å². The van der Waals surface area contributed by atoms with E-state index >= 15 is 0 Å². The molecule has 16 heavy (non-hydrogen) atoms. The van der Waals surface area contributed by atoms with Crippen molar-refractivity contribution in [2.45, 2.75) is 6.92 Å². The molecule has 5 heteroatoms. The van der Waals surface area contributed by atoms with Gasteiger partial charge in [0, 0.05) is 25.7 Å². The molecule has 0 unspecified atom stereocenters. The summed E-state index contributed by atoms with van der Waals surface area (Å²) in [6.45, 7) is 1.37. The summed E-state index contributed by atoms with van der Waals surface area (Å²) in [4.78, 5) is 23.6. The fourth-order valence-electron chi connectivity index (χ4n) is 1.04. The van der Waals surface area contributed by atoms with E-state index in [-0.39, 0.29) is 17.3 Å². The van der Waals surface area contributed by atoms with E-state index in [1.165, 1.54) is 44.1 Å². The van der Waals surface area contributed by atoms with Gasteiger partial charge in [0.25, 0.3) is 0 Å². The minimum Gasteiger partial charge on any atom is -0.508 e. The van der Waals surface area contributed by atoms with Crippen molar-refractivity contribution in [2.24, 2.45) is 0 Å². The summed E-state index contributed by atoms with van der Waals surface area (Å²) in [5.74, 6) is -0.184. The van der Waals surface area contributed by atoms with Crippen molar-refractivity contribution >= 4 is 11.9 Å². The number of aromatic hydroxyl groups is 1. The van der Waals surface area contributed by atoms with Crippen molar-refractivity contribution < 1.29 is 19.4 Å². The molecule has 0 aliphatic rings. The molecule has 0 heterocycles. The molecule has 1 aromatic rings. The Kier molecular flexibility index (Phi) is 3.50. The molecule has 0 aromatic heterocycles. The third kappa shape index (κ3) is 2.98. The zero-order valence-corrected chi connectivity index (χ0v) is 9.35. The smallest absolute Gasteiger partial charge is 0.414 e. The van der Waals surface area contributed by atoms with Crippen LogP contribution in [0.2, 0.25) is 0 Å². The molecule has 0 aliphatic heterocycles. The van der Waals surface area contributed by atoms with Gasteiger partial charge in [-0.25, -0.2) is 4.79 Å². The van der Waals surface area contributed by atoms with E-state index in [9.17, 15) is 14.7 Å². The van der Waals surface area contributed by atoms with Gasteiger partial charge in [0.15, 0.2) is 5.78 Å². The first-order valence-corrected chi connectivity index (χ1v) is 4.64. The number of hydrogen-bond acceptors (Lipinski definition) is 4. The van der Waals surface area contributed by atoms with E-state index in [0.717, 1.165) is 0 Å². The maximum absolute atomic E-state index is 11.2. The van der Waals surface area contributed by atoms with Crippen molar-refractivity contribution in [3.8, 4) is 11.5 Å². The van der Waals surface area contributed by atoms with Gasteiger partial charge in [-0.2, -0.15) is 0 Å². The molecule has 1 amide bonds. The van der Waals surface area contributed by atoms with E-state index in [2.05, 4.69) is 0 Å². The number of carbonyl (C=O) groups is 2. The summed E-state index contributed by atoms with van der Waals surface area (Å²) >= 11 is 0. The second-order valence-corrected chi connectivity index (χ2v) is 3.53. The molecular weight excluding hydrogens is 210 g/mol. The fraction of sp³-hybridized carbons (Fsp3) is 0.273. The van der Waals surface area contributed by atoms with Crippen LogP contribution in [0.3, 0.4) is 0 Å². The van der Waals surface area contributed by atoms with Crippen LogP contribution in [-0.2, 0) is 0 Å². The van der Waals surface area contributed by atoms with Crippen LogP contribution in [0.25, 0.3) is 0 Å². The van der Waals surface area contributed by atoms with E-state index < -0.39 is 6.09 Å². The second kappa shape index (κ2) is 4.65. The Morgan fingerprint density at radius 2 is 1.88 bits per heavy atom. The SMILES string of the molecule is CC(=O)c1cc(O)cc(OC(=O)N(C)C)c1. The lowest BCUT2D eigenvalue weighted by Gasteiger charge is -2.11. The summed E-state index contributed by atoms with van der Waals surface area (Å²) in [6, 6.07) is 3.99. The minimum absolute atomic E-state index is 0.116. The molecular formula is C11H13NO4. The fourth-order valence-corrected chi connectivity index (χ4v) is 1.04. The number of rotatable bonds is 2. The number of benzene rings is 1. The second-order valence-electron chi connectivity index (χ2n) is 3.53. The Bertz CT molecular complexity index is 426. The summed E-state index contributed by atoms with van der Waals surface area (Å²) < 4.78 is 4.92. The van der Waals surface area contributed by atoms with Crippen LogP contribution < -0.4 is 4.74 Å². The molecule has 86 valence electrons. The quantitative estimate of drug-likeness (QED) is 0.774. The number of hydrogen-bond donors (Lipinski definition) is 1. The highest BCUT2D eigenvalue weighted by Gasteiger charge is 2.10. The van der Waals surface area contributed by atoms with E-state index in [1.807, 2.05) is 0 Å². The highest BCUT2D eigenvalue weighted by molar-refractivity contribution is 5.95. The highest BCUT2D eigenvalue weighted by atomic mass is 16.6. The maximum atomic E-state index is 11.2. The van der Waals surface area contributed by atoms with Gasteiger partial charge in [0.1, 0.15) is 11.5 Å². The first-order chi connectivity index (χ1) is 7.40. The minimum atomic E-state index is -0.569. The first-order valence-electron chi connectivity index (χ1n) is 4.64. The van der Waals surface area contributed by atoms with Gasteiger partial charge < -0.3 is 14.7 Å². The predicted molar refractivity (Wildman–Crippen MR) is 57.8 cm³/mol. The lowest BCUT2D eigenvalue weighted by Crippen LogP contribution is -2.25. The van der Waals surface area contributed by atoms with Crippen LogP contribution in [0.15, 0.2) is 18.2 Å². The summed E-state index contributed by atoms with van der Waals surface area (Å²) in [5.41, 5.74) is 0.293.